The summed E-state index contributed by atoms with van der Waals surface area (Å²) in [5, 5.41) is 0.140. The highest BCUT2D eigenvalue weighted by molar-refractivity contribution is 7.92. The lowest BCUT2D eigenvalue weighted by molar-refractivity contribution is 0.601. The minimum Gasteiger partial charge on any atom is -0.306 e. The van der Waals surface area contributed by atoms with E-state index in [-0.39, 0.29) is 15.6 Å². The molecule has 108 valence electrons. The van der Waals surface area contributed by atoms with Crippen LogP contribution in [0.15, 0.2) is 52.2 Å². The van der Waals surface area contributed by atoms with E-state index < -0.39 is 10.0 Å². The van der Waals surface area contributed by atoms with Crippen LogP contribution >= 0.6 is 11.6 Å². The van der Waals surface area contributed by atoms with Crippen LogP contribution in [0.5, 0.6) is 0 Å². The number of H-pyrrole nitrogens is 2. The smallest absolute Gasteiger partial charge is 0.306 e. The molecular formula is C13H10ClN3O3S. The summed E-state index contributed by atoms with van der Waals surface area (Å²) < 4.78 is 27.0. The second kappa shape index (κ2) is 4.94. The van der Waals surface area contributed by atoms with Crippen LogP contribution in [-0.4, -0.2) is 18.4 Å². The Labute approximate surface area is 124 Å². The Kier molecular flexibility index (Phi) is 3.23. The van der Waals surface area contributed by atoms with Crippen molar-refractivity contribution in [2.45, 2.75) is 4.90 Å². The SMILES string of the molecule is O=c1[nH]c2ccc(NS(=O)(=O)c3ccccc3Cl)cc2[nH]1. The van der Waals surface area contributed by atoms with Crippen molar-refractivity contribution < 1.29 is 8.42 Å². The molecule has 1 aromatic heterocycles. The third-order valence-corrected chi connectivity index (χ3v) is 4.78. The molecule has 3 aromatic rings. The zero-order valence-corrected chi connectivity index (χ0v) is 12.1. The quantitative estimate of drug-likeness (QED) is 0.690. The van der Waals surface area contributed by atoms with Crippen LogP contribution in [0, 0.1) is 0 Å². The van der Waals surface area contributed by atoms with Gasteiger partial charge in [0.15, 0.2) is 0 Å². The number of aromatic nitrogens is 2. The summed E-state index contributed by atoms with van der Waals surface area (Å²) in [7, 11) is -3.79. The zero-order valence-electron chi connectivity index (χ0n) is 10.6. The van der Waals surface area contributed by atoms with Crippen LogP contribution in [-0.2, 0) is 10.0 Å². The third-order valence-electron chi connectivity index (χ3n) is 2.89. The summed E-state index contributed by atoms with van der Waals surface area (Å²) in [6.07, 6.45) is 0. The van der Waals surface area contributed by atoms with Crippen LogP contribution in [0.4, 0.5) is 5.69 Å². The molecule has 0 saturated heterocycles. The van der Waals surface area contributed by atoms with Gasteiger partial charge < -0.3 is 9.97 Å². The first-order valence-corrected chi connectivity index (χ1v) is 7.81. The monoisotopic (exact) mass is 323 g/mol. The maximum atomic E-state index is 12.3. The summed E-state index contributed by atoms with van der Waals surface area (Å²) in [5.41, 5.74) is 1.09. The van der Waals surface area contributed by atoms with Gasteiger partial charge in [-0.15, -0.1) is 0 Å². The number of rotatable bonds is 3. The Morgan fingerprint density at radius 3 is 2.48 bits per heavy atom. The van der Waals surface area contributed by atoms with Crippen LogP contribution in [0.25, 0.3) is 11.0 Å². The molecule has 3 N–H and O–H groups in total. The fourth-order valence-electron chi connectivity index (χ4n) is 1.97. The van der Waals surface area contributed by atoms with Gasteiger partial charge in [0.1, 0.15) is 4.90 Å². The number of fused-ring (bicyclic) bond motifs is 1. The van der Waals surface area contributed by atoms with Crippen LogP contribution in [0.2, 0.25) is 5.02 Å². The van der Waals surface area contributed by atoms with E-state index in [1.54, 1.807) is 24.3 Å². The molecule has 2 aromatic carbocycles. The van der Waals surface area contributed by atoms with Gasteiger partial charge in [0.05, 0.1) is 21.7 Å². The Morgan fingerprint density at radius 1 is 1.00 bits per heavy atom. The van der Waals surface area contributed by atoms with Gasteiger partial charge in [0.25, 0.3) is 10.0 Å². The molecule has 0 aliphatic heterocycles. The Hall–Kier alpha value is -2.25. The van der Waals surface area contributed by atoms with Crippen molar-refractivity contribution in [3.05, 3.63) is 58.0 Å². The van der Waals surface area contributed by atoms with Gasteiger partial charge in [-0.3, -0.25) is 4.72 Å². The van der Waals surface area contributed by atoms with Crippen molar-refractivity contribution >= 4 is 38.3 Å². The van der Waals surface area contributed by atoms with E-state index in [2.05, 4.69) is 14.7 Å². The van der Waals surface area contributed by atoms with Gasteiger partial charge in [-0.25, -0.2) is 13.2 Å². The molecule has 0 unspecified atom stereocenters. The Balaban J connectivity index is 2.01. The summed E-state index contributed by atoms with van der Waals surface area (Å²) in [5.74, 6) is 0. The Bertz CT molecular complexity index is 975. The molecule has 0 radical (unpaired) electrons. The summed E-state index contributed by atoms with van der Waals surface area (Å²) in [6, 6.07) is 10.9. The van der Waals surface area contributed by atoms with E-state index in [9.17, 15) is 13.2 Å². The van der Waals surface area contributed by atoms with E-state index in [0.29, 0.717) is 16.7 Å². The van der Waals surface area contributed by atoms with Crippen molar-refractivity contribution in [1.29, 1.82) is 0 Å². The molecular weight excluding hydrogens is 314 g/mol. The molecule has 0 fully saturated rings. The maximum absolute atomic E-state index is 12.3. The minimum absolute atomic E-state index is 0.00525. The van der Waals surface area contributed by atoms with Gasteiger partial charge in [-0.1, -0.05) is 23.7 Å². The lowest BCUT2D eigenvalue weighted by Gasteiger charge is -2.09. The van der Waals surface area contributed by atoms with Crippen molar-refractivity contribution in [2.75, 3.05) is 4.72 Å². The molecule has 0 atom stereocenters. The average molecular weight is 324 g/mol. The fourth-order valence-corrected chi connectivity index (χ4v) is 3.54. The number of halogens is 1. The average Bonchev–Trinajstić information content (AvgIpc) is 2.78. The summed E-state index contributed by atoms with van der Waals surface area (Å²) in [4.78, 5) is 16.3. The second-order valence-electron chi connectivity index (χ2n) is 4.38. The summed E-state index contributed by atoms with van der Waals surface area (Å²) >= 11 is 5.90. The van der Waals surface area contributed by atoms with Crippen LogP contribution in [0.1, 0.15) is 0 Å². The van der Waals surface area contributed by atoms with E-state index in [0.717, 1.165) is 0 Å². The Morgan fingerprint density at radius 2 is 1.71 bits per heavy atom. The van der Waals surface area contributed by atoms with E-state index >= 15 is 0 Å². The van der Waals surface area contributed by atoms with E-state index in [1.165, 1.54) is 18.2 Å². The number of hydrogen-bond acceptors (Lipinski definition) is 3. The highest BCUT2D eigenvalue weighted by atomic mass is 35.5. The number of anilines is 1. The maximum Gasteiger partial charge on any atom is 0.323 e. The molecule has 21 heavy (non-hydrogen) atoms. The first-order chi connectivity index (χ1) is 9.95. The predicted octanol–water partition coefficient (Wildman–Crippen LogP) is 2.31. The lowest BCUT2D eigenvalue weighted by atomic mass is 10.3. The number of benzene rings is 2. The number of sulfonamides is 1. The van der Waals surface area contributed by atoms with Gasteiger partial charge in [0.2, 0.25) is 0 Å². The van der Waals surface area contributed by atoms with Crippen LogP contribution in [0.3, 0.4) is 0 Å². The molecule has 8 heteroatoms. The number of hydrogen-bond donors (Lipinski definition) is 3. The first-order valence-electron chi connectivity index (χ1n) is 5.95. The molecule has 6 nitrogen and oxygen atoms in total. The topological polar surface area (TPSA) is 94.8 Å². The highest BCUT2D eigenvalue weighted by Gasteiger charge is 2.17. The predicted molar refractivity (Wildman–Crippen MR) is 81.2 cm³/mol. The minimum atomic E-state index is -3.79. The van der Waals surface area contributed by atoms with E-state index in [1.807, 2.05) is 0 Å². The fraction of sp³-hybridized carbons (Fsp3) is 0. The van der Waals surface area contributed by atoms with Crippen molar-refractivity contribution in [3.63, 3.8) is 0 Å². The lowest BCUT2D eigenvalue weighted by Crippen LogP contribution is -2.13. The number of nitrogens with one attached hydrogen (secondary N) is 3. The normalized spacial score (nSPS) is 11.7. The molecule has 0 aliphatic rings. The van der Waals surface area contributed by atoms with Crippen molar-refractivity contribution in [3.8, 4) is 0 Å². The molecule has 0 saturated carbocycles. The van der Waals surface area contributed by atoms with Gasteiger partial charge >= 0.3 is 5.69 Å². The standard InChI is InChI=1S/C13H10ClN3O3S/c14-9-3-1-2-4-12(9)21(19,20)17-8-5-6-10-11(7-8)16-13(18)15-10/h1-7,17H,(H2,15,16,18). The second-order valence-corrected chi connectivity index (χ2v) is 6.43. The molecule has 1 heterocycles. The van der Waals surface area contributed by atoms with Crippen molar-refractivity contribution in [2.24, 2.45) is 0 Å². The van der Waals surface area contributed by atoms with Gasteiger partial charge in [-0.05, 0) is 30.3 Å². The molecule has 3 rings (SSSR count). The van der Waals surface area contributed by atoms with Gasteiger partial charge in [-0.2, -0.15) is 0 Å². The number of imidazole rings is 1. The van der Waals surface area contributed by atoms with Crippen molar-refractivity contribution in [1.82, 2.24) is 9.97 Å². The third kappa shape index (κ3) is 2.65. The summed E-state index contributed by atoms with van der Waals surface area (Å²) in [6.45, 7) is 0. The zero-order chi connectivity index (χ0) is 15.0. The molecule has 0 bridgehead atoms. The molecule has 0 aliphatic carbocycles. The first kappa shape index (κ1) is 13.7. The van der Waals surface area contributed by atoms with Gasteiger partial charge in [0, 0.05) is 0 Å². The van der Waals surface area contributed by atoms with E-state index in [4.69, 9.17) is 11.6 Å². The highest BCUT2D eigenvalue weighted by Crippen LogP contribution is 2.24. The molecule has 0 spiro atoms. The number of aromatic amines is 2. The molecule has 0 amide bonds. The largest absolute Gasteiger partial charge is 0.323 e. The van der Waals surface area contributed by atoms with Crippen LogP contribution < -0.4 is 10.4 Å².